The molecule has 1 atom stereocenters. The number of carbonyl (C=O) groups excluding carboxylic acids is 1. The molecule has 0 radical (unpaired) electrons. The molecular weight excluding hydrogens is 485 g/mol. The van der Waals surface area contributed by atoms with Crippen molar-refractivity contribution < 1.29 is 9.18 Å². The molecule has 2 aromatic heterocycles. The second-order valence-corrected chi connectivity index (χ2v) is 10.1. The molecule has 8 heteroatoms. The average Bonchev–Trinajstić information content (AvgIpc) is 3.38. The zero-order chi connectivity index (χ0) is 25.7. The molecule has 0 amide bonds. The number of aryl methyl sites for hydroxylation is 1. The standard InChI is InChI=1S/C29H22FN5OS/c1-16-10-11-21-18(12-16)13-19(27(30)33-21)25-20(14-31)28(32)35(23-8-5-9-24(36)26(23)25)29-34-22(15-37-29)17-6-3-2-4-7-17/h2-4,6-7,10-13,15,25H,5,8-9,32H2,1H3. The van der Waals surface area contributed by atoms with E-state index in [4.69, 9.17) is 10.7 Å². The Morgan fingerprint density at radius 3 is 2.73 bits per heavy atom. The van der Waals surface area contributed by atoms with Crippen LogP contribution in [0.5, 0.6) is 0 Å². The number of pyridine rings is 1. The Balaban J connectivity index is 1.55. The van der Waals surface area contributed by atoms with Crippen LogP contribution in [0.2, 0.25) is 0 Å². The number of ketones is 1. The fourth-order valence-electron chi connectivity index (χ4n) is 5.22. The molecule has 2 aliphatic rings. The highest BCUT2D eigenvalue weighted by Crippen LogP contribution is 2.47. The number of hydrogen-bond acceptors (Lipinski definition) is 7. The molecule has 1 aliphatic carbocycles. The summed E-state index contributed by atoms with van der Waals surface area (Å²) in [6, 6.07) is 19.2. The van der Waals surface area contributed by atoms with Gasteiger partial charge in [-0.1, -0.05) is 42.0 Å². The zero-order valence-electron chi connectivity index (χ0n) is 20.0. The molecule has 1 unspecified atom stereocenters. The van der Waals surface area contributed by atoms with Crippen molar-refractivity contribution >= 4 is 33.2 Å². The van der Waals surface area contributed by atoms with E-state index in [0.717, 1.165) is 22.2 Å². The lowest BCUT2D eigenvalue weighted by Gasteiger charge is -2.38. The van der Waals surface area contributed by atoms with Crippen LogP contribution < -0.4 is 10.6 Å². The van der Waals surface area contributed by atoms with Crippen LogP contribution in [0.25, 0.3) is 22.2 Å². The number of allylic oxidation sites excluding steroid dienone is 3. The van der Waals surface area contributed by atoms with Gasteiger partial charge in [-0.05, 0) is 38.0 Å². The first-order chi connectivity index (χ1) is 18.0. The van der Waals surface area contributed by atoms with Gasteiger partial charge in [-0.3, -0.25) is 9.69 Å². The van der Waals surface area contributed by atoms with Crippen LogP contribution in [-0.4, -0.2) is 15.8 Å². The van der Waals surface area contributed by atoms with Gasteiger partial charge in [-0.15, -0.1) is 11.3 Å². The quantitative estimate of drug-likeness (QED) is 0.336. The molecule has 0 fully saturated rings. The topological polar surface area (TPSA) is 95.9 Å². The maximum atomic E-state index is 15.5. The van der Waals surface area contributed by atoms with Gasteiger partial charge in [-0.2, -0.15) is 9.65 Å². The summed E-state index contributed by atoms with van der Waals surface area (Å²) in [6.07, 6.45) is 1.54. The number of nitrogens with two attached hydrogens (primary N) is 1. The highest BCUT2D eigenvalue weighted by Gasteiger charge is 2.42. The minimum atomic E-state index is -0.921. The van der Waals surface area contributed by atoms with Crippen LogP contribution in [0.1, 0.15) is 36.3 Å². The minimum absolute atomic E-state index is 0.111. The first kappa shape index (κ1) is 23.1. The number of hydrogen-bond donors (Lipinski definition) is 1. The first-order valence-corrected chi connectivity index (χ1v) is 12.9. The van der Waals surface area contributed by atoms with Gasteiger partial charge in [0, 0.05) is 39.6 Å². The average molecular weight is 508 g/mol. The molecule has 0 saturated carbocycles. The van der Waals surface area contributed by atoms with Crippen LogP contribution in [-0.2, 0) is 4.79 Å². The fourth-order valence-corrected chi connectivity index (χ4v) is 6.09. The third-order valence-corrected chi connectivity index (χ3v) is 7.75. The van der Waals surface area contributed by atoms with Crippen molar-refractivity contribution in [1.29, 1.82) is 5.26 Å². The Labute approximate surface area is 217 Å². The van der Waals surface area contributed by atoms with Crippen molar-refractivity contribution in [1.82, 2.24) is 9.97 Å². The predicted octanol–water partition coefficient (Wildman–Crippen LogP) is 6.11. The smallest absolute Gasteiger partial charge is 0.217 e. The molecule has 1 aliphatic heterocycles. The van der Waals surface area contributed by atoms with Gasteiger partial charge in [0.05, 0.1) is 28.8 Å². The monoisotopic (exact) mass is 507 g/mol. The van der Waals surface area contributed by atoms with Gasteiger partial charge in [-0.25, -0.2) is 9.97 Å². The summed E-state index contributed by atoms with van der Waals surface area (Å²) in [6.45, 7) is 1.95. The molecule has 182 valence electrons. The molecule has 6 nitrogen and oxygen atoms in total. The number of nitrogens with zero attached hydrogens (tertiary/aromatic N) is 4. The van der Waals surface area contributed by atoms with Crippen LogP contribution in [0, 0.1) is 24.2 Å². The van der Waals surface area contributed by atoms with Gasteiger partial charge in [0.15, 0.2) is 10.9 Å². The summed E-state index contributed by atoms with van der Waals surface area (Å²) < 4.78 is 15.5. The number of thiazole rings is 1. The second-order valence-electron chi connectivity index (χ2n) is 9.26. The van der Waals surface area contributed by atoms with Crippen molar-refractivity contribution in [3.63, 3.8) is 0 Å². The van der Waals surface area contributed by atoms with Gasteiger partial charge in [0.2, 0.25) is 5.95 Å². The van der Waals surface area contributed by atoms with Crippen molar-refractivity contribution in [2.24, 2.45) is 5.73 Å². The van der Waals surface area contributed by atoms with Crippen molar-refractivity contribution in [3.05, 3.63) is 99.7 Å². The van der Waals surface area contributed by atoms with Crippen LogP contribution in [0.4, 0.5) is 9.52 Å². The molecule has 0 bridgehead atoms. The molecule has 3 heterocycles. The van der Waals surface area contributed by atoms with E-state index in [1.165, 1.54) is 11.3 Å². The van der Waals surface area contributed by atoms with Gasteiger partial charge in [0.1, 0.15) is 5.82 Å². The SMILES string of the molecule is Cc1ccc2nc(F)c(C3C(C#N)=C(N)N(c4nc(-c5ccccc5)cs4)C4=C3C(=O)CCC4)cc2c1. The Morgan fingerprint density at radius 1 is 1.14 bits per heavy atom. The minimum Gasteiger partial charge on any atom is -0.384 e. The molecule has 0 saturated heterocycles. The van der Waals surface area contributed by atoms with E-state index in [9.17, 15) is 10.1 Å². The van der Waals surface area contributed by atoms with E-state index < -0.39 is 11.9 Å². The van der Waals surface area contributed by atoms with Gasteiger partial charge in [0.25, 0.3) is 0 Å². The summed E-state index contributed by atoms with van der Waals surface area (Å²) in [5.41, 5.74) is 11.3. The van der Waals surface area contributed by atoms with E-state index in [1.54, 1.807) is 17.0 Å². The van der Waals surface area contributed by atoms with Crippen LogP contribution >= 0.6 is 11.3 Å². The largest absolute Gasteiger partial charge is 0.384 e. The third-order valence-electron chi connectivity index (χ3n) is 6.93. The second kappa shape index (κ2) is 8.95. The maximum absolute atomic E-state index is 15.5. The van der Waals surface area contributed by atoms with Crippen LogP contribution in [0.3, 0.4) is 0 Å². The van der Waals surface area contributed by atoms with Crippen molar-refractivity contribution in [3.8, 4) is 17.3 Å². The molecule has 37 heavy (non-hydrogen) atoms. The van der Waals surface area contributed by atoms with E-state index in [2.05, 4.69) is 11.1 Å². The lowest BCUT2D eigenvalue weighted by Crippen LogP contribution is -2.39. The zero-order valence-corrected chi connectivity index (χ0v) is 20.8. The number of rotatable bonds is 3. The number of Topliss-reactive ketones (excluding diaryl/α,β-unsaturated/α-hetero) is 1. The molecule has 2 N–H and O–H groups in total. The van der Waals surface area contributed by atoms with Crippen molar-refractivity contribution in [2.75, 3.05) is 4.90 Å². The summed E-state index contributed by atoms with van der Waals surface area (Å²) >= 11 is 1.39. The highest BCUT2D eigenvalue weighted by molar-refractivity contribution is 7.14. The normalized spacial score (nSPS) is 17.8. The Morgan fingerprint density at radius 2 is 1.95 bits per heavy atom. The Kier molecular flexibility index (Phi) is 5.58. The predicted molar refractivity (Wildman–Crippen MR) is 142 cm³/mol. The molecule has 6 rings (SSSR count). The molecule has 4 aromatic rings. The Hall–Kier alpha value is -4.35. The van der Waals surface area contributed by atoms with Crippen LogP contribution in [0.15, 0.2) is 82.6 Å². The number of nitriles is 1. The van der Waals surface area contributed by atoms with Crippen molar-refractivity contribution in [2.45, 2.75) is 32.1 Å². The summed E-state index contributed by atoms with van der Waals surface area (Å²) in [7, 11) is 0. The fraction of sp³-hybridized carbons (Fsp3) is 0.172. The number of benzene rings is 2. The van der Waals surface area contributed by atoms with E-state index >= 15 is 4.39 Å². The Bertz CT molecular complexity index is 1680. The number of anilines is 1. The molecular formula is C29H22FN5OS. The molecule has 2 aromatic carbocycles. The maximum Gasteiger partial charge on any atom is 0.217 e. The number of carbonyl (C=O) groups is 1. The summed E-state index contributed by atoms with van der Waals surface area (Å²) in [5, 5.41) is 13.5. The van der Waals surface area contributed by atoms with Gasteiger partial charge < -0.3 is 5.73 Å². The van der Waals surface area contributed by atoms with E-state index in [-0.39, 0.29) is 22.7 Å². The summed E-state index contributed by atoms with van der Waals surface area (Å²) in [5.74, 6) is -1.57. The number of aromatic nitrogens is 2. The first-order valence-electron chi connectivity index (χ1n) is 12.0. The highest BCUT2D eigenvalue weighted by atomic mass is 32.1. The molecule has 0 spiro atoms. The van der Waals surface area contributed by atoms with E-state index in [1.807, 2.05) is 54.8 Å². The summed E-state index contributed by atoms with van der Waals surface area (Å²) in [4.78, 5) is 24.1. The number of fused-ring (bicyclic) bond motifs is 1. The number of halogens is 1. The third kappa shape index (κ3) is 3.79. The van der Waals surface area contributed by atoms with Gasteiger partial charge >= 0.3 is 0 Å². The lowest BCUT2D eigenvalue weighted by atomic mass is 9.76. The lowest BCUT2D eigenvalue weighted by molar-refractivity contribution is -0.116. The van der Waals surface area contributed by atoms with E-state index in [0.29, 0.717) is 41.2 Å².